The van der Waals surface area contributed by atoms with Crippen LogP contribution in [0.2, 0.25) is 0 Å². The van der Waals surface area contributed by atoms with Crippen LogP contribution in [-0.4, -0.2) is 11.1 Å². The van der Waals surface area contributed by atoms with Gasteiger partial charge >= 0.3 is 5.97 Å². The van der Waals surface area contributed by atoms with Crippen molar-refractivity contribution in [2.24, 2.45) is 0 Å². The van der Waals surface area contributed by atoms with Gasteiger partial charge in [-0.1, -0.05) is 43.4 Å². The number of aliphatic carboxylic acids is 1. The average molecular weight is 194 g/mol. The van der Waals surface area contributed by atoms with E-state index in [0.29, 0.717) is 0 Å². The summed E-state index contributed by atoms with van der Waals surface area (Å²) in [6.07, 6.45) is 14.9. The number of carboxylic acids is 1. The molecule has 0 aliphatic rings. The molecule has 1 N–H and O–H groups in total. The average Bonchev–Trinajstić information content (AvgIpc) is 2.15. The standard InChI is InChI=1S/C12H18O2/c1-2-3-4-5-6-7-8-9-10-11-12(13)14/h3-4,6-7,9-10H,2,5,8,11H2,1H3,(H,13,14)/b4-3-,7-6-,10-9-. The first kappa shape index (κ1) is 12.7. The van der Waals surface area contributed by atoms with Crippen molar-refractivity contribution in [1.29, 1.82) is 0 Å². The zero-order chi connectivity index (χ0) is 10.6. The first-order valence-corrected chi connectivity index (χ1v) is 4.94. The molecule has 0 bridgehead atoms. The third-order valence-electron chi connectivity index (χ3n) is 1.57. The Labute approximate surface area is 85.6 Å². The molecule has 0 rings (SSSR count). The van der Waals surface area contributed by atoms with Gasteiger partial charge in [0.2, 0.25) is 0 Å². The molecular formula is C12H18O2. The molecule has 0 spiro atoms. The lowest BCUT2D eigenvalue weighted by Gasteiger charge is -1.84. The molecule has 2 heteroatoms. The zero-order valence-corrected chi connectivity index (χ0v) is 8.65. The number of hydrogen-bond acceptors (Lipinski definition) is 1. The van der Waals surface area contributed by atoms with Crippen LogP contribution < -0.4 is 0 Å². The van der Waals surface area contributed by atoms with Crippen molar-refractivity contribution < 1.29 is 9.90 Å². The second-order valence-corrected chi connectivity index (χ2v) is 2.89. The molecule has 0 atom stereocenters. The smallest absolute Gasteiger partial charge is 0.307 e. The van der Waals surface area contributed by atoms with E-state index in [1.165, 1.54) is 0 Å². The van der Waals surface area contributed by atoms with Gasteiger partial charge in [-0.25, -0.2) is 0 Å². The summed E-state index contributed by atoms with van der Waals surface area (Å²) >= 11 is 0. The molecule has 2 nitrogen and oxygen atoms in total. The second kappa shape index (κ2) is 9.78. The van der Waals surface area contributed by atoms with Crippen molar-refractivity contribution in [2.75, 3.05) is 0 Å². The molecule has 0 aromatic carbocycles. The quantitative estimate of drug-likeness (QED) is 0.631. The van der Waals surface area contributed by atoms with Crippen molar-refractivity contribution in [1.82, 2.24) is 0 Å². The normalized spacial score (nSPS) is 12.1. The Morgan fingerprint density at radius 2 is 1.50 bits per heavy atom. The lowest BCUT2D eigenvalue weighted by molar-refractivity contribution is -0.136. The van der Waals surface area contributed by atoms with Crippen LogP contribution in [0, 0.1) is 0 Å². The molecule has 0 saturated heterocycles. The van der Waals surface area contributed by atoms with E-state index in [0.717, 1.165) is 19.3 Å². The lowest BCUT2D eigenvalue weighted by Crippen LogP contribution is -1.89. The summed E-state index contributed by atoms with van der Waals surface area (Å²) in [6, 6.07) is 0. The molecule has 0 fully saturated rings. The Hall–Kier alpha value is -1.31. The van der Waals surface area contributed by atoms with Gasteiger partial charge in [-0.3, -0.25) is 4.79 Å². The van der Waals surface area contributed by atoms with Crippen LogP contribution in [0.25, 0.3) is 0 Å². The molecule has 0 aliphatic heterocycles. The van der Waals surface area contributed by atoms with Gasteiger partial charge in [0.05, 0.1) is 6.42 Å². The van der Waals surface area contributed by atoms with Crippen LogP contribution in [0.15, 0.2) is 36.5 Å². The highest BCUT2D eigenvalue weighted by Crippen LogP contribution is 1.93. The molecule has 0 unspecified atom stereocenters. The topological polar surface area (TPSA) is 37.3 Å². The van der Waals surface area contributed by atoms with E-state index in [1.54, 1.807) is 6.08 Å². The maximum Gasteiger partial charge on any atom is 0.307 e. The molecule has 0 amide bonds. The first-order valence-electron chi connectivity index (χ1n) is 4.94. The Morgan fingerprint density at radius 3 is 2.00 bits per heavy atom. The summed E-state index contributed by atoms with van der Waals surface area (Å²) in [4.78, 5) is 10.1. The van der Waals surface area contributed by atoms with Gasteiger partial charge in [-0.05, 0) is 19.3 Å². The van der Waals surface area contributed by atoms with E-state index in [9.17, 15) is 4.79 Å². The monoisotopic (exact) mass is 194 g/mol. The van der Waals surface area contributed by atoms with E-state index in [1.807, 2.05) is 12.2 Å². The van der Waals surface area contributed by atoms with Gasteiger partial charge in [0.25, 0.3) is 0 Å². The number of allylic oxidation sites excluding steroid dienone is 5. The van der Waals surface area contributed by atoms with Crippen LogP contribution in [0.1, 0.15) is 32.6 Å². The molecule has 0 aliphatic carbocycles. The third-order valence-corrected chi connectivity index (χ3v) is 1.57. The molecule has 0 aromatic heterocycles. The van der Waals surface area contributed by atoms with Crippen molar-refractivity contribution >= 4 is 5.97 Å². The maximum absolute atomic E-state index is 10.1. The van der Waals surface area contributed by atoms with E-state index >= 15 is 0 Å². The van der Waals surface area contributed by atoms with Gasteiger partial charge in [-0.15, -0.1) is 0 Å². The Balaban J connectivity index is 3.39. The molecule has 78 valence electrons. The van der Waals surface area contributed by atoms with Gasteiger partial charge in [0.15, 0.2) is 0 Å². The maximum atomic E-state index is 10.1. The molecule has 0 aromatic rings. The second-order valence-electron chi connectivity index (χ2n) is 2.89. The van der Waals surface area contributed by atoms with Crippen LogP contribution in [0.3, 0.4) is 0 Å². The fourth-order valence-corrected chi connectivity index (χ4v) is 0.893. The Morgan fingerprint density at radius 1 is 1.00 bits per heavy atom. The van der Waals surface area contributed by atoms with Crippen LogP contribution in [0.4, 0.5) is 0 Å². The fourth-order valence-electron chi connectivity index (χ4n) is 0.893. The van der Waals surface area contributed by atoms with Gasteiger partial charge < -0.3 is 5.11 Å². The molecule has 14 heavy (non-hydrogen) atoms. The lowest BCUT2D eigenvalue weighted by atomic mass is 10.2. The molecule has 0 radical (unpaired) electrons. The van der Waals surface area contributed by atoms with Crippen LogP contribution in [-0.2, 0) is 4.79 Å². The highest BCUT2D eigenvalue weighted by Gasteiger charge is 1.86. The van der Waals surface area contributed by atoms with E-state index in [-0.39, 0.29) is 6.42 Å². The molecular weight excluding hydrogens is 176 g/mol. The highest BCUT2D eigenvalue weighted by atomic mass is 16.4. The summed E-state index contributed by atoms with van der Waals surface area (Å²) < 4.78 is 0. The zero-order valence-electron chi connectivity index (χ0n) is 8.65. The Kier molecular flexibility index (Phi) is 8.86. The largest absolute Gasteiger partial charge is 0.481 e. The van der Waals surface area contributed by atoms with E-state index in [2.05, 4.69) is 25.2 Å². The van der Waals surface area contributed by atoms with Crippen molar-refractivity contribution in [3.8, 4) is 0 Å². The predicted octanol–water partition coefficient (Wildman–Crippen LogP) is 3.32. The number of carbonyl (C=O) groups is 1. The van der Waals surface area contributed by atoms with Crippen molar-refractivity contribution in [2.45, 2.75) is 32.6 Å². The summed E-state index contributed by atoms with van der Waals surface area (Å²) in [5, 5.41) is 8.33. The SMILES string of the molecule is CC/C=C\C/C=C\C/C=C\CC(=O)O. The van der Waals surface area contributed by atoms with Crippen molar-refractivity contribution in [3.63, 3.8) is 0 Å². The summed E-state index contributed by atoms with van der Waals surface area (Å²) in [7, 11) is 0. The minimum absolute atomic E-state index is 0.115. The minimum atomic E-state index is -0.781. The fraction of sp³-hybridized carbons (Fsp3) is 0.417. The number of carboxylic acid groups (broad SMARTS) is 1. The summed E-state index contributed by atoms with van der Waals surface area (Å²) in [6.45, 7) is 2.11. The summed E-state index contributed by atoms with van der Waals surface area (Å²) in [5.41, 5.74) is 0. The van der Waals surface area contributed by atoms with Crippen LogP contribution in [0.5, 0.6) is 0 Å². The predicted molar refractivity (Wildman–Crippen MR) is 59.2 cm³/mol. The first-order chi connectivity index (χ1) is 6.77. The highest BCUT2D eigenvalue weighted by molar-refractivity contribution is 5.68. The van der Waals surface area contributed by atoms with Crippen LogP contribution >= 0.6 is 0 Å². The van der Waals surface area contributed by atoms with Gasteiger partial charge in [0, 0.05) is 0 Å². The van der Waals surface area contributed by atoms with Gasteiger partial charge in [0.1, 0.15) is 0 Å². The number of rotatable bonds is 7. The van der Waals surface area contributed by atoms with Gasteiger partial charge in [-0.2, -0.15) is 0 Å². The van der Waals surface area contributed by atoms with Crippen molar-refractivity contribution in [3.05, 3.63) is 36.5 Å². The molecule has 0 heterocycles. The van der Waals surface area contributed by atoms with E-state index in [4.69, 9.17) is 5.11 Å². The Bertz CT molecular complexity index is 224. The van der Waals surface area contributed by atoms with E-state index < -0.39 is 5.97 Å². The minimum Gasteiger partial charge on any atom is -0.481 e. The third kappa shape index (κ3) is 10.7. The number of hydrogen-bond donors (Lipinski definition) is 1. The summed E-state index contributed by atoms with van der Waals surface area (Å²) in [5.74, 6) is -0.781. The molecule has 0 saturated carbocycles.